The molecule has 0 saturated carbocycles. The van der Waals surface area contributed by atoms with Crippen molar-refractivity contribution in [1.82, 2.24) is 4.98 Å². The van der Waals surface area contributed by atoms with Crippen LogP contribution < -0.4 is 5.32 Å². The molecule has 0 fully saturated rings. The molecule has 1 aliphatic rings. The van der Waals surface area contributed by atoms with Crippen molar-refractivity contribution in [2.24, 2.45) is 0 Å². The summed E-state index contributed by atoms with van der Waals surface area (Å²) in [6.45, 7) is 5.16. The molecule has 0 saturated heterocycles. The number of ketones is 1. The average Bonchev–Trinajstić information content (AvgIpc) is 2.74. The summed E-state index contributed by atoms with van der Waals surface area (Å²) in [7, 11) is 0. The molecule has 96 valence electrons. The third-order valence-electron chi connectivity index (χ3n) is 3.55. The van der Waals surface area contributed by atoms with E-state index in [-0.39, 0.29) is 11.2 Å². The molecule has 3 rings (SSSR count). The van der Waals surface area contributed by atoms with Gasteiger partial charge in [0.1, 0.15) is 0 Å². The molecule has 0 unspecified atom stereocenters. The van der Waals surface area contributed by atoms with Crippen molar-refractivity contribution in [3.05, 3.63) is 59.4 Å². The molecule has 0 amide bonds. The summed E-state index contributed by atoms with van der Waals surface area (Å²) in [4.78, 5) is 16.8. The lowest BCUT2D eigenvalue weighted by atomic mass is 9.91. The van der Waals surface area contributed by atoms with Crippen molar-refractivity contribution in [2.75, 3.05) is 11.9 Å². The first-order valence-electron chi connectivity index (χ1n) is 6.42. The third-order valence-corrected chi connectivity index (χ3v) is 3.55. The zero-order chi connectivity index (χ0) is 13.5. The molecular weight excluding hydrogens is 236 g/mol. The Morgan fingerprint density at radius 1 is 1.21 bits per heavy atom. The van der Waals surface area contributed by atoms with E-state index in [0.717, 1.165) is 17.9 Å². The van der Waals surface area contributed by atoms with Gasteiger partial charge in [0, 0.05) is 29.3 Å². The number of hydrogen-bond donors (Lipinski definition) is 1. The van der Waals surface area contributed by atoms with Gasteiger partial charge in [-0.05, 0) is 6.07 Å². The van der Waals surface area contributed by atoms with E-state index >= 15 is 0 Å². The van der Waals surface area contributed by atoms with Gasteiger partial charge in [-0.3, -0.25) is 9.78 Å². The fourth-order valence-electron chi connectivity index (χ4n) is 2.42. The predicted molar refractivity (Wildman–Crippen MR) is 75.6 cm³/mol. The Morgan fingerprint density at radius 3 is 2.68 bits per heavy atom. The van der Waals surface area contributed by atoms with Crippen LogP contribution in [0.1, 0.15) is 35.5 Å². The Morgan fingerprint density at radius 2 is 1.95 bits per heavy atom. The molecule has 0 bridgehead atoms. The Balaban J connectivity index is 1.99. The van der Waals surface area contributed by atoms with Gasteiger partial charge in [-0.1, -0.05) is 44.2 Å². The minimum atomic E-state index is 0.0161. The summed E-state index contributed by atoms with van der Waals surface area (Å²) in [5, 5.41) is 3.32. The number of carbonyl (C=O) groups is 1. The van der Waals surface area contributed by atoms with Crippen molar-refractivity contribution in [1.29, 1.82) is 0 Å². The van der Waals surface area contributed by atoms with Crippen molar-refractivity contribution in [3.8, 4) is 0 Å². The molecule has 0 atom stereocenters. The van der Waals surface area contributed by atoms with E-state index in [1.807, 2.05) is 36.4 Å². The molecule has 19 heavy (non-hydrogen) atoms. The maximum absolute atomic E-state index is 12.3. The average molecular weight is 252 g/mol. The lowest BCUT2D eigenvalue weighted by Crippen LogP contribution is -2.20. The molecule has 1 N–H and O–H groups in total. The van der Waals surface area contributed by atoms with Gasteiger partial charge in [-0.2, -0.15) is 0 Å². The minimum absolute atomic E-state index is 0.0161. The fraction of sp³-hybridized carbons (Fsp3) is 0.250. The van der Waals surface area contributed by atoms with Crippen LogP contribution in [-0.2, 0) is 5.41 Å². The van der Waals surface area contributed by atoms with Crippen molar-refractivity contribution >= 4 is 11.5 Å². The van der Waals surface area contributed by atoms with E-state index in [2.05, 4.69) is 24.1 Å². The van der Waals surface area contributed by atoms with Crippen molar-refractivity contribution in [3.63, 3.8) is 0 Å². The lowest BCUT2D eigenvalue weighted by Gasteiger charge is -2.15. The Hall–Kier alpha value is -2.16. The lowest BCUT2D eigenvalue weighted by molar-refractivity contribution is 0.103. The number of nitrogens with one attached hydrogen (secondary N) is 1. The first kappa shape index (κ1) is 11.9. The van der Waals surface area contributed by atoms with E-state index in [0.29, 0.717) is 11.1 Å². The van der Waals surface area contributed by atoms with Crippen LogP contribution in [0.25, 0.3) is 0 Å². The zero-order valence-electron chi connectivity index (χ0n) is 11.1. The van der Waals surface area contributed by atoms with E-state index in [1.54, 1.807) is 6.20 Å². The molecule has 1 aromatic heterocycles. The van der Waals surface area contributed by atoms with Crippen LogP contribution in [-0.4, -0.2) is 17.3 Å². The van der Waals surface area contributed by atoms with Gasteiger partial charge in [0.25, 0.3) is 0 Å². The number of nitrogens with zero attached hydrogens (tertiary/aromatic N) is 1. The fourth-order valence-corrected chi connectivity index (χ4v) is 2.42. The molecule has 0 radical (unpaired) electrons. The third kappa shape index (κ3) is 2.01. The van der Waals surface area contributed by atoms with Crippen LogP contribution in [0.15, 0.2) is 42.6 Å². The second-order valence-corrected chi connectivity index (χ2v) is 5.55. The van der Waals surface area contributed by atoms with E-state index < -0.39 is 0 Å². The van der Waals surface area contributed by atoms with Crippen LogP contribution in [0.5, 0.6) is 0 Å². The van der Waals surface area contributed by atoms with Gasteiger partial charge in [0.05, 0.1) is 11.4 Å². The van der Waals surface area contributed by atoms with Crippen molar-refractivity contribution in [2.45, 2.75) is 19.3 Å². The molecule has 3 nitrogen and oxygen atoms in total. The number of anilines is 1. The summed E-state index contributed by atoms with van der Waals surface area (Å²) in [6.07, 6.45) is 1.68. The predicted octanol–water partition coefficient (Wildman–Crippen LogP) is 3.02. The monoisotopic (exact) mass is 252 g/mol. The highest BCUT2D eigenvalue weighted by Gasteiger charge is 2.31. The first-order valence-corrected chi connectivity index (χ1v) is 6.42. The second-order valence-electron chi connectivity index (χ2n) is 5.55. The normalized spacial score (nSPS) is 15.7. The second kappa shape index (κ2) is 4.19. The summed E-state index contributed by atoms with van der Waals surface area (Å²) in [5.41, 5.74) is 3.38. The van der Waals surface area contributed by atoms with E-state index in [1.165, 1.54) is 0 Å². The minimum Gasteiger partial charge on any atom is -0.383 e. The van der Waals surface area contributed by atoms with Gasteiger partial charge >= 0.3 is 0 Å². The zero-order valence-corrected chi connectivity index (χ0v) is 11.1. The van der Waals surface area contributed by atoms with Gasteiger partial charge in [-0.15, -0.1) is 0 Å². The maximum atomic E-state index is 12.3. The molecular formula is C16H16N2O. The molecule has 3 heteroatoms. The van der Waals surface area contributed by atoms with Crippen LogP contribution in [0.2, 0.25) is 0 Å². The molecule has 2 aromatic rings. The number of fused-ring (bicyclic) bond motifs is 1. The number of pyridine rings is 1. The standard InChI is InChI=1S/C16H16N2O/c1-16(2)10-18-13-8-12(9-17-15(13)16)14(19)11-6-4-3-5-7-11/h3-9,18H,10H2,1-2H3. The quantitative estimate of drug-likeness (QED) is 0.835. The number of benzene rings is 1. The smallest absolute Gasteiger partial charge is 0.194 e. The van der Waals surface area contributed by atoms with Gasteiger partial charge in [-0.25, -0.2) is 0 Å². The van der Waals surface area contributed by atoms with Crippen LogP contribution in [0.4, 0.5) is 5.69 Å². The summed E-state index contributed by atoms with van der Waals surface area (Å²) >= 11 is 0. The first-order chi connectivity index (χ1) is 9.08. The maximum Gasteiger partial charge on any atom is 0.194 e. The Bertz CT molecular complexity index is 632. The molecule has 1 aromatic carbocycles. The molecule has 0 spiro atoms. The summed E-state index contributed by atoms with van der Waals surface area (Å²) in [6, 6.07) is 11.2. The van der Waals surface area contributed by atoms with Crippen LogP contribution in [0.3, 0.4) is 0 Å². The molecule has 0 aliphatic carbocycles. The van der Waals surface area contributed by atoms with Gasteiger partial charge in [0.2, 0.25) is 0 Å². The SMILES string of the molecule is CC1(C)CNc2cc(C(=O)c3ccccc3)cnc21. The Labute approximate surface area is 112 Å². The number of carbonyl (C=O) groups excluding carboxylic acids is 1. The summed E-state index contributed by atoms with van der Waals surface area (Å²) in [5.74, 6) is 0.0161. The van der Waals surface area contributed by atoms with Crippen LogP contribution in [0, 0.1) is 0 Å². The van der Waals surface area contributed by atoms with E-state index in [4.69, 9.17) is 0 Å². The summed E-state index contributed by atoms with van der Waals surface area (Å²) < 4.78 is 0. The molecule has 1 aliphatic heterocycles. The Kier molecular flexibility index (Phi) is 2.63. The highest BCUT2D eigenvalue weighted by molar-refractivity contribution is 6.09. The molecule has 2 heterocycles. The number of aromatic nitrogens is 1. The van der Waals surface area contributed by atoms with Crippen LogP contribution >= 0.6 is 0 Å². The highest BCUT2D eigenvalue weighted by atomic mass is 16.1. The number of hydrogen-bond acceptors (Lipinski definition) is 3. The van der Waals surface area contributed by atoms with E-state index in [9.17, 15) is 4.79 Å². The largest absolute Gasteiger partial charge is 0.383 e. The van der Waals surface area contributed by atoms with Crippen molar-refractivity contribution < 1.29 is 4.79 Å². The van der Waals surface area contributed by atoms with Gasteiger partial charge < -0.3 is 5.32 Å². The highest BCUT2D eigenvalue weighted by Crippen LogP contribution is 2.34. The number of rotatable bonds is 2. The topological polar surface area (TPSA) is 42.0 Å². The van der Waals surface area contributed by atoms with Gasteiger partial charge in [0.15, 0.2) is 5.78 Å².